The van der Waals surface area contributed by atoms with Gasteiger partial charge in [0.15, 0.2) is 0 Å². The van der Waals surface area contributed by atoms with Gasteiger partial charge in [-0.1, -0.05) is 6.92 Å². The van der Waals surface area contributed by atoms with Gasteiger partial charge in [0.05, 0.1) is 0 Å². The number of likely N-dealkylation sites (tertiary alicyclic amines) is 1. The maximum atomic E-state index is 10.9. The van der Waals surface area contributed by atoms with Crippen LogP contribution in [0.4, 0.5) is 0 Å². The number of nitrogens with one attached hydrogen (secondary N) is 1. The van der Waals surface area contributed by atoms with Crippen LogP contribution < -0.4 is 5.32 Å². The molecule has 1 atom stereocenters. The molecule has 0 spiro atoms. The standard InChI is InChI=1S/C11H22N2O/c1-5-11(3,4)13-7-6-10(8-13)12-9(2)14/h10H,5-8H2,1-4H3,(H,12,14)/t10-/m1/s1. The third-order valence-corrected chi connectivity index (χ3v) is 3.32. The minimum Gasteiger partial charge on any atom is -0.352 e. The molecular weight excluding hydrogens is 176 g/mol. The lowest BCUT2D eigenvalue weighted by molar-refractivity contribution is -0.119. The van der Waals surface area contributed by atoms with E-state index in [0.717, 1.165) is 25.9 Å². The van der Waals surface area contributed by atoms with Gasteiger partial charge in [-0.25, -0.2) is 0 Å². The van der Waals surface area contributed by atoms with E-state index in [2.05, 4.69) is 31.0 Å². The highest BCUT2D eigenvalue weighted by atomic mass is 16.1. The zero-order valence-electron chi connectivity index (χ0n) is 9.76. The summed E-state index contributed by atoms with van der Waals surface area (Å²) in [6.07, 6.45) is 2.24. The zero-order chi connectivity index (χ0) is 10.8. The summed E-state index contributed by atoms with van der Waals surface area (Å²) in [7, 11) is 0. The van der Waals surface area contributed by atoms with Crippen molar-refractivity contribution in [2.75, 3.05) is 13.1 Å². The van der Waals surface area contributed by atoms with Gasteiger partial charge >= 0.3 is 0 Å². The molecule has 1 aliphatic rings. The molecule has 1 amide bonds. The van der Waals surface area contributed by atoms with Gasteiger partial charge in [0.1, 0.15) is 0 Å². The van der Waals surface area contributed by atoms with Crippen LogP contribution in [0, 0.1) is 0 Å². The van der Waals surface area contributed by atoms with E-state index < -0.39 is 0 Å². The van der Waals surface area contributed by atoms with Gasteiger partial charge in [0.2, 0.25) is 5.91 Å². The van der Waals surface area contributed by atoms with Gasteiger partial charge in [-0.2, -0.15) is 0 Å². The van der Waals surface area contributed by atoms with E-state index in [1.165, 1.54) is 0 Å². The maximum absolute atomic E-state index is 10.9. The largest absolute Gasteiger partial charge is 0.352 e. The zero-order valence-corrected chi connectivity index (χ0v) is 9.76. The lowest BCUT2D eigenvalue weighted by Gasteiger charge is -2.34. The molecule has 1 heterocycles. The molecular formula is C11H22N2O. The number of nitrogens with zero attached hydrogens (tertiary/aromatic N) is 1. The normalized spacial score (nSPS) is 23.9. The third-order valence-electron chi connectivity index (χ3n) is 3.32. The number of carbonyl (C=O) groups is 1. The van der Waals surface area contributed by atoms with Crippen LogP contribution in [-0.4, -0.2) is 35.5 Å². The molecule has 1 rings (SSSR count). The highest BCUT2D eigenvalue weighted by Crippen LogP contribution is 2.23. The summed E-state index contributed by atoms with van der Waals surface area (Å²) in [6, 6.07) is 0.360. The SMILES string of the molecule is CCC(C)(C)N1CC[C@@H](NC(C)=O)C1. The predicted molar refractivity (Wildman–Crippen MR) is 58.2 cm³/mol. The van der Waals surface area contributed by atoms with E-state index in [0.29, 0.717) is 6.04 Å². The topological polar surface area (TPSA) is 32.3 Å². The Morgan fingerprint density at radius 3 is 2.71 bits per heavy atom. The summed E-state index contributed by atoms with van der Waals surface area (Å²) in [5.41, 5.74) is 0.271. The highest BCUT2D eigenvalue weighted by Gasteiger charge is 2.32. The van der Waals surface area contributed by atoms with Crippen LogP contribution in [0.1, 0.15) is 40.5 Å². The highest BCUT2D eigenvalue weighted by molar-refractivity contribution is 5.73. The minimum atomic E-state index is 0.0890. The average molecular weight is 198 g/mol. The summed E-state index contributed by atoms with van der Waals surface area (Å²) in [6.45, 7) is 10.4. The summed E-state index contributed by atoms with van der Waals surface area (Å²) >= 11 is 0. The monoisotopic (exact) mass is 198 g/mol. The first-order valence-electron chi connectivity index (χ1n) is 5.48. The van der Waals surface area contributed by atoms with Crippen molar-refractivity contribution in [3.63, 3.8) is 0 Å². The quantitative estimate of drug-likeness (QED) is 0.743. The molecule has 0 bridgehead atoms. The van der Waals surface area contributed by atoms with Crippen LogP contribution in [0.2, 0.25) is 0 Å². The fourth-order valence-electron chi connectivity index (χ4n) is 1.94. The molecule has 0 radical (unpaired) electrons. The summed E-state index contributed by atoms with van der Waals surface area (Å²) in [4.78, 5) is 13.4. The second-order valence-electron chi connectivity index (χ2n) is 4.80. The number of hydrogen-bond donors (Lipinski definition) is 1. The van der Waals surface area contributed by atoms with Crippen LogP contribution in [-0.2, 0) is 4.79 Å². The average Bonchev–Trinajstić information content (AvgIpc) is 2.52. The van der Waals surface area contributed by atoms with Gasteiger partial charge < -0.3 is 5.32 Å². The van der Waals surface area contributed by atoms with Gasteiger partial charge in [-0.3, -0.25) is 9.69 Å². The molecule has 1 fully saturated rings. The van der Waals surface area contributed by atoms with Crippen molar-refractivity contribution >= 4 is 5.91 Å². The number of hydrogen-bond acceptors (Lipinski definition) is 2. The molecule has 3 nitrogen and oxygen atoms in total. The van der Waals surface area contributed by atoms with E-state index in [4.69, 9.17) is 0 Å². The molecule has 0 unspecified atom stereocenters. The smallest absolute Gasteiger partial charge is 0.217 e. The molecule has 1 aliphatic heterocycles. The molecule has 82 valence electrons. The summed E-state index contributed by atoms with van der Waals surface area (Å²) in [5, 5.41) is 2.99. The maximum Gasteiger partial charge on any atom is 0.217 e. The Morgan fingerprint density at radius 1 is 1.57 bits per heavy atom. The van der Waals surface area contributed by atoms with Crippen molar-refractivity contribution in [1.29, 1.82) is 0 Å². The van der Waals surface area contributed by atoms with Crippen molar-refractivity contribution < 1.29 is 4.79 Å². The van der Waals surface area contributed by atoms with E-state index >= 15 is 0 Å². The van der Waals surface area contributed by atoms with Crippen LogP contribution in [0.5, 0.6) is 0 Å². The van der Waals surface area contributed by atoms with Gasteiger partial charge in [-0.15, -0.1) is 0 Å². The number of amides is 1. The number of carbonyl (C=O) groups excluding carboxylic acids is 1. The first-order valence-corrected chi connectivity index (χ1v) is 5.48. The van der Waals surface area contributed by atoms with E-state index in [-0.39, 0.29) is 11.4 Å². The van der Waals surface area contributed by atoms with Gasteiger partial charge in [0, 0.05) is 31.6 Å². The molecule has 0 saturated carbocycles. The van der Waals surface area contributed by atoms with Crippen molar-refractivity contribution in [3.8, 4) is 0 Å². The fraction of sp³-hybridized carbons (Fsp3) is 0.909. The first kappa shape index (κ1) is 11.5. The lowest BCUT2D eigenvalue weighted by Crippen LogP contribution is -2.44. The summed E-state index contributed by atoms with van der Waals surface area (Å²) < 4.78 is 0. The van der Waals surface area contributed by atoms with Crippen molar-refractivity contribution in [2.24, 2.45) is 0 Å². The van der Waals surface area contributed by atoms with E-state index in [1.54, 1.807) is 6.92 Å². The van der Waals surface area contributed by atoms with Crippen LogP contribution in [0.15, 0.2) is 0 Å². The predicted octanol–water partition coefficient (Wildman–Crippen LogP) is 1.39. The third kappa shape index (κ3) is 2.71. The van der Waals surface area contributed by atoms with Crippen molar-refractivity contribution in [3.05, 3.63) is 0 Å². The van der Waals surface area contributed by atoms with Crippen LogP contribution in [0.25, 0.3) is 0 Å². The summed E-state index contributed by atoms with van der Waals surface area (Å²) in [5.74, 6) is 0.0890. The Hall–Kier alpha value is -0.570. The Labute approximate surface area is 86.9 Å². The van der Waals surface area contributed by atoms with E-state index in [9.17, 15) is 4.79 Å². The molecule has 0 aromatic rings. The molecule has 0 aliphatic carbocycles. The molecule has 1 N–H and O–H groups in total. The Balaban J connectivity index is 2.45. The Bertz CT molecular complexity index is 213. The van der Waals surface area contributed by atoms with Crippen LogP contribution in [0.3, 0.4) is 0 Å². The minimum absolute atomic E-state index is 0.0890. The second-order valence-corrected chi connectivity index (χ2v) is 4.80. The van der Waals surface area contributed by atoms with Gasteiger partial charge in [-0.05, 0) is 26.7 Å². The molecule has 0 aromatic heterocycles. The Kier molecular flexibility index (Phi) is 3.53. The van der Waals surface area contributed by atoms with Crippen LogP contribution >= 0.6 is 0 Å². The molecule has 0 aromatic carbocycles. The van der Waals surface area contributed by atoms with Crippen molar-refractivity contribution in [2.45, 2.75) is 52.1 Å². The molecule has 3 heteroatoms. The number of rotatable bonds is 3. The fourth-order valence-corrected chi connectivity index (χ4v) is 1.94. The Morgan fingerprint density at radius 2 is 2.21 bits per heavy atom. The van der Waals surface area contributed by atoms with Crippen molar-refractivity contribution in [1.82, 2.24) is 10.2 Å². The second kappa shape index (κ2) is 4.30. The molecule has 14 heavy (non-hydrogen) atoms. The van der Waals surface area contributed by atoms with Gasteiger partial charge in [0.25, 0.3) is 0 Å². The lowest BCUT2D eigenvalue weighted by atomic mass is 10.0. The molecule has 1 saturated heterocycles. The van der Waals surface area contributed by atoms with E-state index in [1.807, 2.05) is 0 Å². The first-order chi connectivity index (χ1) is 6.45.